The Kier molecular flexibility index (Phi) is 4.37. The standard InChI is InChI=1S/C14H13BrFNOS/c1-8-6-10(19-9(8)2)7-17-14(18)11-4-3-5-12(15)13(11)16/h3-6H,7H2,1-2H3,(H,17,18). The third-order valence-corrected chi connectivity index (χ3v) is 4.60. The summed E-state index contributed by atoms with van der Waals surface area (Å²) < 4.78 is 14.0. The first-order valence-corrected chi connectivity index (χ1v) is 7.38. The maximum atomic E-state index is 13.7. The van der Waals surface area contributed by atoms with E-state index < -0.39 is 11.7 Å². The average Bonchev–Trinajstić information content (AvgIpc) is 2.69. The SMILES string of the molecule is Cc1cc(CNC(=O)c2cccc(Br)c2F)sc1C. The van der Waals surface area contributed by atoms with Crippen molar-refractivity contribution < 1.29 is 9.18 Å². The molecule has 0 spiro atoms. The first-order valence-electron chi connectivity index (χ1n) is 5.77. The Morgan fingerprint density at radius 3 is 2.79 bits per heavy atom. The molecule has 0 aliphatic rings. The molecular formula is C14H13BrFNOS. The Morgan fingerprint density at radius 2 is 2.16 bits per heavy atom. The minimum Gasteiger partial charge on any atom is -0.347 e. The van der Waals surface area contributed by atoms with Crippen LogP contribution in [0.15, 0.2) is 28.7 Å². The van der Waals surface area contributed by atoms with Crippen LogP contribution in [0.2, 0.25) is 0 Å². The molecule has 0 aliphatic carbocycles. The number of carbonyl (C=O) groups excluding carboxylic acids is 1. The number of amides is 1. The molecular weight excluding hydrogens is 329 g/mol. The number of halogens is 2. The predicted octanol–water partition coefficient (Wildman–Crippen LogP) is 4.20. The molecule has 1 amide bonds. The summed E-state index contributed by atoms with van der Waals surface area (Å²) in [5.41, 5.74) is 1.27. The first kappa shape index (κ1) is 14.2. The highest BCUT2D eigenvalue weighted by Gasteiger charge is 2.13. The highest BCUT2D eigenvalue weighted by Crippen LogP contribution is 2.21. The third kappa shape index (κ3) is 3.22. The fourth-order valence-electron chi connectivity index (χ4n) is 1.68. The highest BCUT2D eigenvalue weighted by molar-refractivity contribution is 9.10. The number of thiophene rings is 1. The lowest BCUT2D eigenvalue weighted by Gasteiger charge is -2.05. The lowest BCUT2D eigenvalue weighted by molar-refractivity contribution is 0.0947. The van der Waals surface area contributed by atoms with Crippen LogP contribution in [0.1, 0.15) is 25.7 Å². The van der Waals surface area contributed by atoms with Crippen molar-refractivity contribution in [3.05, 3.63) is 55.4 Å². The predicted molar refractivity (Wildman–Crippen MR) is 79.1 cm³/mol. The Morgan fingerprint density at radius 1 is 1.42 bits per heavy atom. The van der Waals surface area contributed by atoms with Gasteiger partial charge in [-0.05, 0) is 53.5 Å². The summed E-state index contributed by atoms with van der Waals surface area (Å²) in [5.74, 6) is -0.930. The van der Waals surface area contributed by atoms with E-state index in [1.54, 1.807) is 23.5 Å². The van der Waals surface area contributed by atoms with Gasteiger partial charge < -0.3 is 5.32 Å². The van der Waals surface area contributed by atoms with Crippen LogP contribution in [0.4, 0.5) is 4.39 Å². The van der Waals surface area contributed by atoms with E-state index in [4.69, 9.17) is 0 Å². The van der Waals surface area contributed by atoms with Crippen LogP contribution < -0.4 is 5.32 Å². The second kappa shape index (κ2) is 5.84. The van der Waals surface area contributed by atoms with E-state index >= 15 is 0 Å². The van der Waals surface area contributed by atoms with Crippen molar-refractivity contribution in [3.8, 4) is 0 Å². The minimum atomic E-state index is -0.529. The monoisotopic (exact) mass is 341 g/mol. The van der Waals surface area contributed by atoms with Crippen molar-refractivity contribution in [1.82, 2.24) is 5.32 Å². The number of benzene rings is 1. The van der Waals surface area contributed by atoms with Crippen molar-refractivity contribution in [2.24, 2.45) is 0 Å². The van der Waals surface area contributed by atoms with Crippen LogP contribution >= 0.6 is 27.3 Å². The second-order valence-electron chi connectivity index (χ2n) is 4.24. The van der Waals surface area contributed by atoms with Crippen LogP contribution in [-0.4, -0.2) is 5.91 Å². The second-order valence-corrected chi connectivity index (χ2v) is 6.43. The maximum absolute atomic E-state index is 13.7. The van der Waals surface area contributed by atoms with Crippen LogP contribution in [0.5, 0.6) is 0 Å². The van der Waals surface area contributed by atoms with Gasteiger partial charge in [-0.1, -0.05) is 6.07 Å². The largest absolute Gasteiger partial charge is 0.347 e. The number of carbonyl (C=O) groups is 1. The number of rotatable bonds is 3. The average molecular weight is 342 g/mol. The molecule has 0 saturated carbocycles. The van der Waals surface area contributed by atoms with Crippen LogP contribution in [0, 0.1) is 19.7 Å². The van der Waals surface area contributed by atoms with E-state index in [9.17, 15) is 9.18 Å². The Hall–Kier alpha value is -1.20. The molecule has 1 heterocycles. The van der Waals surface area contributed by atoms with E-state index in [0.717, 1.165) is 4.88 Å². The topological polar surface area (TPSA) is 29.1 Å². The summed E-state index contributed by atoms with van der Waals surface area (Å²) in [4.78, 5) is 14.2. The van der Waals surface area contributed by atoms with Gasteiger partial charge in [-0.2, -0.15) is 0 Å². The molecule has 100 valence electrons. The van der Waals surface area contributed by atoms with Crippen molar-refractivity contribution in [1.29, 1.82) is 0 Å². The van der Waals surface area contributed by atoms with Crippen molar-refractivity contribution >= 4 is 33.2 Å². The van der Waals surface area contributed by atoms with E-state index in [-0.39, 0.29) is 5.56 Å². The minimum absolute atomic E-state index is 0.0550. The molecule has 2 rings (SSSR count). The molecule has 0 atom stereocenters. The summed E-state index contributed by atoms with van der Waals surface area (Å²) in [6.45, 7) is 4.49. The molecule has 2 aromatic rings. The quantitative estimate of drug-likeness (QED) is 0.890. The number of hydrogen-bond donors (Lipinski definition) is 1. The number of nitrogens with one attached hydrogen (secondary N) is 1. The van der Waals surface area contributed by atoms with Crippen molar-refractivity contribution in [2.45, 2.75) is 20.4 Å². The molecule has 19 heavy (non-hydrogen) atoms. The van der Waals surface area contributed by atoms with Crippen LogP contribution in [0.3, 0.4) is 0 Å². The highest BCUT2D eigenvalue weighted by atomic mass is 79.9. The molecule has 0 saturated heterocycles. The van der Waals surface area contributed by atoms with Gasteiger partial charge in [0.2, 0.25) is 0 Å². The summed E-state index contributed by atoms with van der Waals surface area (Å²) in [7, 11) is 0. The molecule has 5 heteroatoms. The summed E-state index contributed by atoms with van der Waals surface area (Å²) in [6.07, 6.45) is 0. The third-order valence-electron chi connectivity index (χ3n) is 2.84. The molecule has 1 aromatic heterocycles. The molecule has 1 aromatic carbocycles. The van der Waals surface area contributed by atoms with Crippen molar-refractivity contribution in [3.63, 3.8) is 0 Å². The normalized spacial score (nSPS) is 10.5. The Balaban J connectivity index is 2.07. The zero-order valence-corrected chi connectivity index (χ0v) is 13.0. The zero-order chi connectivity index (χ0) is 14.0. The lowest BCUT2D eigenvalue weighted by Crippen LogP contribution is -2.23. The van der Waals surface area contributed by atoms with Crippen molar-refractivity contribution in [2.75, 3.05) is 0 Å². The van der Waals surface area contributed by atoms with Gasteiger partial charge in [0.15, 0.2) is 0 Å². The van der Waals surface area contributed by atoms with Gasteiger partial charge in [0.25, 0.3) is 5.91 Å². The van der Waals surface area contributed by atoms with E-state index in [2.05, 4.69) is 21.2 Å². The Bertz CT molecular complexity index is 604. The first-order chi connectivity index (χ1) is 8.99. The van der Waals surface area contributed by atoms with E-state index in [0.29, 0.717) is 11.0 Å². The van der Waals surface area contributed by atoms with Crippen LogP contribution in [-0.2, 0) is 6.54 Å². The molecule has 0 radical (unpaired) electrons. The fourth-order valence-corrected chi connectivity index (χ4v) is 3.04. The lowest BCUT2D eigenvalue weighted by atomic mass is 10.2. The van der Waals surface area contributed by atoms with Gasteiger partial charge in [0, 0.05) is 9.75 Å². The zero-order valence-electron chi connectivity index (χ0n) is 10.6. The molecule has 0 bridgehead atoms. The van der Waals surface area contributed by atoms with Gasteiger partial charge in [-0.15, -0.1) is 11.3 Å². The van der Waals surface area contributed by atoms with Crippen LogP contribution in [0.25, 0.3) is 0 Å². The summed E-state index contributed by atoms with van der Waals surface area (Å²) >= 11 is 4.71. The van der Waals surface area contributed by atoms with E-state index in [1.807, 2.05) is 19.9 Å². The summed E-state index contributed by atoms with van der Waals surface area (Å²) in [5, 5.41) is 2.73. The number of aryl methyl sites for hydroxylation is 2. The van der Waals surface area contributed by atoms with E-state index in [1.165, 1.54) is 16.5 Å². The molecule has 1 N–H and O–H groups in total. The van der Waals surface area contributed by atoms with Gasteiger partial charge in [-0.3, -0.25) is 4.79 Å². The van der Waals surface area contributed by atoms with Gasteiger partial charge in [0.1, 0.15) is 5.82 Å². The molecule has 0 unspecified atom stereocenters. The molecule has 0 fully saturated rings. The maximum Gasteiger partial charge on any atom is 0.254 e. The molecule has 2 nitrogen and oxygen atoms in total. The fraction of sp³-hybridized carbons (Fsp3) is 0.214. The smallest absolute Gasteiger partial charge is 0.254 e. The van der Waals surface area contributed by atoms with Gasteiger partial charge in [-0.25, -0.2) is 4.39 Å². The molecule has 0 aliphatic heterocycles. The number of hydrogen-bond acceptors (Lipinski definition) is 2. The van der Waals surface area contributed by atoms with Gasteiger partial charge >= 0.3 is 0 Å². The Labute approximate surface area is 123 Å². The van der Waals surface area contributed by atoms with Gasteiger partial charge in [0.05, 0.1) is 16.6 Å². The summed E-state index contributed by atoms with van der Waals surface area (Å²) in [6, 6.07) is 6.72.